The minimum atomic E-state index is -0.454. The lowest BCUT2D eigenvalue weighted by Gasteiger charge is -2.34. The van der Waals surface area contributed by atoms with Gasteiger partial charge in [-0.2, -0.15) is 0 Å². The molecule has 0 spiro atoms. The Kier molecular flexibility index (Phi) is 5.16. The van der Waals surface area contributed by atoms with Crippen LogP contribution in [0.2, 0.25) is 0 Å². The van der Waals surface area contributed by atoms with Crippen molar-refractivity contribution < 1.29 is 9.53 Å². The van der Waals surface area contributed by atoms with Crippen LogP contribution in [0.1, 0.15) is 33.6 Å². The van der Waals surface area contributed by atoms with E-state index in [4.69, 9.17) is 10.5 Å². The summed E-state index contributed by atoms with van der Waals surface area (Å²) in [5, 5.41) is 2.88. The number of alkyl carbamates (subject to hydrolysis) is 1. The van der Waals surface area contributed by atoms with Gasteiger partial charge in [-0.05, 0) is 57.7 Å². The van der Waals surface area contributed by atoms with Gasteiger partial charge < -0.3 is 20.7 Å². The molecule has 1 amide bonds. The van der Waals surface area contributed by atoms with Crippen molar-refractivity contribution in [2.45, 2.75) is 39.2 Å². The van der Waals surface area contributed by atoms with E-state index in [0.717, 1.165) is 37.3 Å². The normalized spacial score (nSPS) is 18.9. The number of carbonyl (C=O) groups excluding carboxylic acids is 1. The number of piperidine rings is 1. The number of hydrogen-bond donors (Lipinski definition) is 2. The molecule has 5 heteroatoms. The first-order chi connectivity index (χ1) is 10.3. The van der Waals surface area contributed by atoms with Crippen molar-refractivity contribution in [1.29, 1.82) is 0 Å². The molecule has 0 unspecified atom stereocenters. The van der Waals surface area contributed by atoms with Crippen molar-refractivity contribution in [3.05, 3.63) is 24.3 Å². The van der Waals surface area contributed by atoms with E-state index in [1.807, 2.05) is 39.0 Å². The monoisotopic (exact) mass is 305 g/mol. The number of anilines is 2. The fourth-order valence-electron chi connectivity index (χ4n) is 2.73. The van der Waals surface area contributed by atoms with E-state index in [2.05, 4.69) is 16.3 Å². The summed E-state index contributed by atoms with van der Waals surface area (Å²) in [7, 11) is 0. The molecule has 2 rings (SSSR count). The van der Waals surface area contributed by atoms with Crippen LogP contribution in [0.3, 0.4) is 0 Å². The zero-order valence-electron chi connectivity index (χ0n) is 13.8. The number of rotatable bonds is 3. The van der Waals surface area contributed by atoms with E-state index in [1.165, 1.54) is 0 Å². The van der Waals surface area contributed by atoms with Gasteiger partial charge in [0, 0.05) is 31.0 Å². The van der Waals surface area contributed by atoms with Crippen molar-refractivity contribution in [3.63, 3.8) is 0 Å². The van der Waals surface area contributed by atoms with Crippen molar-refractivity contribution in [1.82, 2.24) is 5.32 Å². The number of hydrogen-bond acceptors (Lipinski definition) is 4. The molecule has 3 N–H and O–H groups in total. The van der Waals surface area contributed by atoms with Crippen molar-refractivity contribution in [2.24, 2.45) is 5.92 Å². The number of nitrogens with two attached hydrogens (primary N) is 1. The quantitative estimate of drug-likeness (QED) is 0.842. The maximum absolute atomic E-state index is 11.7. The smallest absolute Gasteiger partial charge is 0.407 e. The SMILES string of the molecule is CC(C)(C)OC(=O)NC[C@@H]1CCCN(c2cccc(N)c2)C1. The number of nitrogens with one attached hydrogen (secondary N) is 1. The molecule has 1 heterocycles. The molecular formula is C17H27N3O2. The molecule has 1 fully saturated rings. The van der Waals surface area contributed by atoms with Crippen molar-refractivity contribution in [3.8, 4) is 0 Å². The molecule has 1 aliphatic rings. The molecule has 0 aromatic heterocycles. The summed E-state index contributed by atoms with van der Waals surface area (Å²) in [6.07, 6.45) is 1.90. The third kappa shape index (κ3) is 5.13. The zero-order chi connectivity index (χ0) is 16.2. The van der Waals surface area contributed by atoms with Crippen LogP contribution in [-0.2, 0) is 4.74 Å². The van der Waals surface area contributed by atoms with Crippen LogP contribution >= 0.6 is 0 Å². The van der Waals surface area contributed by atoms with E-state index in [1.54, 1.807) is 0 Å². The zero-order valence-corrected chi connectivity index (χ0v) is 13.8. The molecule has 0 aliphatic carbocycles. The molecule has 1 aliphatic heterocycles. The number of carbonyl (C=O) groups is 1. The standard InChI is InChI=1S/C17H27N3O2/c1-17(2,3)22-16(21)19-11-13-6-5-9-20(12-13)15-8-4-7-14(18)10-15/h4,7-8,10,13H,5-6,9,11-12,18H2,1-3H3,(H,19,21)/t13-/m0/s1. The minimum absolute atomic E-state index is 0.339. The van der Waals surface area contributed by atoms with Crippen LogP contribution in [0.25, 0.3) is 0 Å². The average molecular weight is 305 g/mol. The lowest BCUT2D eigenvalue weighted by molar-refractivity contribution is 0.0517. The first kappa shape index (κ1) is 16.5. The molecule has 22 heavy (non-hydrogen) atoms. The summed E-state index contributed by atoms with van der Waals surface area (Å²) in [5.74, 6) is 0.433. The van der Waals surface area contributed by atoms with Gasteiger partial charge in [-0.1, -0.05) is 6.07 Å². The fourth-order valence-corrected chi connectivity index (χ4v) is 2.73. The minimum Gasteiger partial charge on any atom is -0.444 e. The second-order valence-corrected chi connectivity index (χ2v) is 6.93. The number of ether oxygens (including phenoxy) is 1. The average Bonchev–Trinajstić information content (AvgIpc) is 2.44. The van der Waals surface area contributed by atoms with Crippen molar-refractivity contribution >= 4 is 17.5 Å². The predicted molar refractivity (Wildman–Crippen MR) is 90.0 cm³/mol. The summed E-state index contributed by atoms with van der Waals surface area (Å²) in [4.78, 5) is 14.1. The van der Waals surface area contributed by atoms with Crippen LogP contribution in [0.5, 0.6) is 0 Å². The van der Waals surface area contributed by atoms with Gasteiger partial charge in [-0.15, -0.1) is 0 Å². The van der Waals surface area contributed by atoms with Gasteiger partial charge in [0.15, 0.2) is 0 Å². The van der Waals surface area contributed by atoms with Gasteiger partial charge >= 0.3 is 6.09 Å². The van der Waals surface area contributed by atoms with E-state index in [9.17, 15) is 4.79 Å². The van der Waals surface area contributed by atoms with Gasteiger partial charge in [-0.3, -0.25) is 0 Å². The Hall–Kier alpha value is -1.91. The summed E-state index contributed by atoms with van der Waals surface area (Å²) >= 11 is 0. The number of amides is 1. The Morgan fingerprint density at radius 1 is 1.45 bits per heavy atom. The van der Waals surface area contributed by atoms with Crippen LogP contribution in [0.15, 0.2) is 24.3 Å². The lowest BCUT2D eigenvalue weighted by atomic mass is 9.97. The Bertz CT molecular complexity index is 511. The number of benzene rings is 1. The van der Waals surface area contributed by atoms with E-state index >= 15 is 0 Å². The summed E-state index contributed by atoms with van der Waals surface area (Å²) in [6.45, 7) is 8.22. The Balaban J connectivity index is 1.85. The first-order valence-electron chi connectivity index (χ1n) is 7.91. The molecule has 1 aromatic carbocycles. The van der Waals surface area contributed by atoms with Gasteiger partial charge in [-0.25, -0.2) is 4.79 Å². The van der Waals surface area contributed by atoms with Crippen molar-refractivity contribution in [2.75, 3.05) is 30.3 Å². The molecule has 122 valence electrons. The third-order valence-electron chi connectivity index (χ3n) is 3.69. The van der Waals surface area contributed by atoms with Gasteiger partial charge in [0.05, 0.1) is 0 Å². The summed E-state index contributed by atoms with van der Waals surface area (Å²) in [6, 6.07) is 7.96. The van der Waals surface area contributed by atoms with Gasteiger partial charge in [0.2, 0.25) is 0 Å². The van der Waals surface area contributed by atoms with Crippen LogP contribution in [0.4, 0.5) is 16.2 Å². The van der Waals surface area contributed by atoms with E-state index < -0.39 is 5.60 Å². The second-order valence-electron chi connectivity index (χ2n) is 6.93. The predicted octanol–water partition coefficient (Wildman–Crippen LogP) is 3.01. The maximum Gasteiger partial charge on any atom is 0.407 e. The molecule has 1 aromatic rings. The highest BCUT2D eigenvalue weighted by Crippen LogP contribution is 2.24. The molecule has 0 radical (unpaired) electrons. The largest absolute Gasteiger partial charge is 0.444 e. The number of nitrogens with zero attached hydrogens (tertiary/aromatic N) is 1. The van der Waals surface area contributed by atoms with Gasteiger partial charge in [0.25, 0.3) is 0 Å². The topological polar surface area (TPSA) is 67.6 Å². The van der Waals surface area contributed by atoms with Crippen LogP contribution < -0.4 is 16.0 Å². The molecular weight excluding hydrogens is 278 g/mol. The highest BCUT2D eigenvalue weighted by atomic mass is 16.6. The highest BCUT2D eigenvalue weighted by Gasteiger charge is 2.22. The van der Waals surface area contributed by atoms with Gasteiger partial charge in [0.1, 0.15) is 5.60 Å². The van der Waals surface area contributed by atoms with Crippen LogP contribution in [-0.4, -0.2) is 31.3 Å². The molecule has 0 bridgehead atoms. The maximum atomic E-state index is 11.7. The van der Waals surface area contributed by atoms with Crippen LogP contribution in [0, 0.1) is 5.92 Å². The van der Waals surface area contributed by atoms with E-state index in [-0.39, 0.29) is 6.09 Å². The Morgan fingerprint density at radius 2 is 2.23 bits per heavy atom. The Morgan fingerprint density at radius 3 is 2.91 bits per heavy atom. The molecule has 5 nitrogen and oxygen atoms in total. The number of nitrogen functional groups attached to an aromatic ring is 1. The summed E-state index contributed by atoms with van der Waals surface area (Å²) < 4.78 is 5.28. The highest BCUT2D eigenvalue weighted by molar-refractivity contribution is 5.67. The first-order valence-corrected chi connectivity index (χ1v) is 7.91. The lowest BCUT2D eigenvalue weighted by Crippen LogP contribution is -2.42. The third-order valence-corrected chi connectivity index (χ3v) is 3.69. The fraction of sp³-hybridized carbons (Fsp3) is 0.588. The summed E-state index contributed by atoms with van der Waals surface area (Å²) in [5.41, 5.74) is 7.34. The molecule has 1 atom stereocenters. The molecule has 1 saturated heterocycles. The molecule has 0 saturated carbocycles. The Labute approximate surface area is 132 Å². The second kappa shape index (κ2) is 6.90. The van der Waals surface area contributed by atoms with E-state index in [0.29, 0.717) is 12.5 Å².